The summed E-state index contributed by atoms with van der Waals surface area (Å²) in [5.74, 6) is -0.913. The first-order valence-corrected chi connectivity index (χ1v) is 16.6. The third kappa shape index (κ3) is 8.68. The van der Waals surface area contributed by atoms with E-state index in [-0.39, 0.29) is 29.3 Å². The second-order valence-corrected chi connectivity index (χ2v) is 13.0. The van der Waals surface area contributed by atoms with Gasteiger partial charge < -0.3 is 19.7 Å². The molecule has 248 valence electrons. The quantitative estimate of drug-likeness (QED) is 0.193. The fraction of sp³-hybridized carbons (Fsp3) is 0.278. The Balaban J connectivity index is 1.84. The lowest BCUT2D eigenvalue weighted by atomic mass is 10.0. The van der Waals surface area contributed by atoms with Gasteiger partial charge in [0.1, 0.15) is 18.4 Å². The molecule has 4 aromatic rings. The molecule has 47 heavy (non-hydrogen) atoms. The Bertz CT molecular complexity index is 1780. The molecule has 0 unspecified atom stereocenters. The molecule has 0 aromatic heterocycles. The number of methoxy groups -OCH3 is 2. The number of sulfonamides is 1. The highest BCUT2D eigenvalue weighted by molar-refractivity contribution is 7.92. The molecule has 11 heteroatoms. The van der Waals surface area contributed by atoms with Crippen LogP contribution in [0.3, 0.4) is 0 Å². The van der Waals surface area contributed by atoms with Gasteiger partial charge in [-0.15, -0.1) is 0 Å². The largest absolute Gasteiger partial charge is 0.493 e. The molecule has 0 aliphatic heterocycles. The second kappa shape index (κ2) is 15.6. The van der Waals surface area contributed by atoms with Crippen molar-refractivity contribution in [3.05, 3.63) is 119 Å². The molecule has 9 nitrogen and oxygen atoms in total. The van der Waals surface area contributed by atoms with Gasteiger partial charge in [0.2, 0.25) is 11.8 Å². The molecule has 0 saturated carbocycles. The number of anilines is 1. The van der Waals surface area contributed by atoms with Crippen LogP contribution in [0, 0.1) is 19.7 Å². The van der Waals surface area contributed by atoms with Crippen LogP contribution >= 0.6 is 0 Å². The molecule has 1 N–H and O–H groups in total. The minimum atomic E-state index is -4.37. The number of hydrogen-bond donors (Lipinski definition) is 1. The second-order valence-electron chi connectivity index (χ2n) is 11.1. The highest BCUT2D eigenvalue weighted by Gasteiger charge is 2.35. The Morgan fingerprint density at radius 3 is 2.06 bits per heavy atom. The fourth-order valence-electron chi connectivity index (χ4n) is 5.36. The van der Waals surface area contributed by atoms with E-state index >= 15 is 0 Å². The van der Waals surface area contributed by atoms with Crippen molar-refractivity contribution in [2.24, 2.45) is 0 Å². The van der Waals surface area contributed by atoms with E-state index in [1.54, 1.807) is 19.1 Å². The van der Waals surface area contributed by atoms with Crippen LogP contribution in [0.4, 0.5) is 10.1 Å². The standard InChI is InChI=1S/C36H40FN3O6S/c1-6-38-36(42)32(21-27-10-8-7-9-11-27)39(23-28-12-14-29(37)15-13-28)35(41)24-40(30-19-25(2)18-26(3)20-30)47(43,44)31-16-17-33(45-4)34(22-31)46-5/h7-20,22,32H,6,21,23-24H2,1-5H3,(H,38,42)/t32-/m0/s1. The van der Waals surface area contributed by atoms with Crippen LogP contribution in [0.2, 0.25) is 0 Å². The van der Waals surface area contributed by atoms with Crippen molar-refractivity contribution in [2.75, 3.05) is 31.6 Å². The molecular formula is C36H40FN3O6S. The lowest BCUT2D eigenvalue weighted by molar-refractivity contribution is -0.140. The minimum absolute atomic E-state index is 0.0646. The van der Waals surface area contributed by atoms with Crippen molar-refractivity contribution in [2.45, 2.75) is 44.7 Å². The van der Waals surface area contributed by atoms with Gasteiger partial charge in [-0.2, -0.15) is 0 Å². The van der Waals surface area contributed by atoms with E-state index in [2.05, 4.69) is 5.32 Å². The molecule has 0 aliphatic carbocycles. The van der Waals surface area contributed by atoms with E-state index in [0.717, 1.165) is 21.0 Å². The van der Waals surface area contributed by atoms with E-state index in [1.165, 1.54) is 61.6 Å². The highest BCUT2D eigenvalue weighted by Crippen LogP contribution is 2.33. The van der Waals surface area contributed by atoms with E-state index in [4.69, 9.17) is 9.47 Å². The van der Waals surface area contributed by atoms with Gasteiger partial charge in [-0.1, -0.05) is 48.5 Å². The molecule has 4 rings (SSSR count). The number of benzene rings is 4. The van der Waals surface area contributed by atoms with E-state index in [1.807, 2.05) is 50.2 Å². The van der Waals surface area contributed by atoms with Crippen molar-refractivity contribution in [3.8, 4) is 11.5 Å². The van der Waals surface area contributed by atoms with Gasteiger partial charge in [0.15, 0.2) is 11.5 Å². The van der Waals surface area contributed by atoms with Gasteiger partial charge in [-0.25, -0.2) is 12.8 Å². The predicted octanol–water partition coefficient (Wildman–Crippen LogP) is 5.43. The predicted molar refractivity (Wildman–Crippen MR) is 180 cm³/mol. The fourth-order valence-corrected chi connectivity index (χ4v) is 6.77. The number of likely N-dealkylation sites (N-methyl/N-ethyl adjacent to an activating group) is 1. The summed E-state index contributed by atoms with van der Waals surface area (Å²) in [5.41, 5.74) is 3.26. The lowest BCUT2D eigenvalue weighted by Gasteiger charge is -2.34. The molecule has 2 amide bonds. The Morgan fingerprint density at radius 1 is 0.830 bits per heavy atom. The normalized spacial score (nSPS) is 11.8. The average Bonchev–Trinajstić information content (AvgIpc) is 3.05. The molecule has 0 spiro atoms. The van der Waals surface area contributed by atoms with Crippen molar-refractivity contribution in [3.63, 3.8) is 0 Å². The minimum Gasteiger partial charge on any atom is -0.493 e. The molecular weight excluding hydrogens is 621 g/mol. The number of rotatable bonds is 14. The van der Waals surface area contributed by atoms with Gasteiger partial charge in [0.05, 0.1) is 24.8 Å². The summed E-state index contributed by atoms with van der Waals surface area (Å²) >= 11 is 0. The summed E-state index contributed by atoms with van der Waals surface area (Å²) in [6, 6.07) is 23.4. The SMILES string of the molecule is CCNC(=O)[C@H](Cc1ccccc1)N(Cc1ccc(F)cc1)C(=O)CN(c1cc(C)cc(C)c1)S(=O)(=O)c1ccc(OC)c(OC)c1. The number of nitrogens with zero attached hydrogens (tertiary/aromatic N) is 2. The summed E-state index contributed by atoms with van der Waals surface area (Å²) in [7, 11) is -1.52. The van der Waals surface area contributed by atoms with Gasteiger partial charge in [-0.3, -0.25) is 13.9 Å². The number of carbonyl (C=O) groups excluding carboxylic acids is 2. The Kier molecular flexibility index (Phi) is 11.6. The van der Waals surface area contributed by atoms with Crippen molar-refractivity contribution >= 4 is 27.5 Å². The molecule has 0 aliphatic rings. The number of carbonyl (C=O) groups is 2. The van der Waals surface area contributed by atoms with Crippen molar-refractivity contribution in [1.82, 2.24) is 10.2 Å². The van der Waals surface area contributed by atoms with Gasteiger partial charge in [0.25, 0.3) is 10.0 Å². The van der Waals surface area contributed by atoms with E-state index < -0.39 is 40.2 Å². The average molecular weight is 662 g/mol. The maximum Gasteiger partial charge on any atom is 0.264 e. The van der Waals surface area contributed by atoms with Crippen LogP contribution in [0.5, 0.6) is 11.5 Å². The Morgan fingerprint density at radius 2 is 1.47 bits per heavy atom. The molecule has 1 atom stereocenters. The molecule has 4 aromatic carbocycles. The zero-order chi connectivity index (χ0) is 34.1. The number of nitrogens with one attached hydrogen (secondary N) is 1. The zero-order valence-electron chi connectivity index (χ0n) is 27.2. The number of aryl methyl sites for hydroxylation is 2. The molecule has 0 saturated heterocycles. The first kappa shape index (κ1) is 35.0. The summed E-state index contributed by atoms with van der Waals surface area (Å²) in [6.07, 6.45) is 0.172. The number of ether oxygens (including phenoxy) is 2. The van der Waals surface area contributed by atoms with Crippen LogP contribution in [0.1, 0.15) is 29.2 Å². The first-order valence-electron chi connectivity index (χ1n) is 15.2. The van der Waals surface area contributed by atoms with Gasteiger partial charge >= 0.3 is 0 Å². The van der Waals surface area contributed by atoms with E-state index in [0.29, 0.717) is 17.9 Å². The summed E-state index contributed by atoms with van der Waals surface area (Å²) < 4.78 is 54.4. The van der Waals surface area contributed by atoms with Crippen LogP contribution in [0.25, 0.3) is 0 Å². The van der Waals surface area contributed by atoms with Gasteiger partial charge in [0, 0.05) is 25.6 Å². The topological polar surface area (TPSA) is 105 Å². The summed E-state index contributed by atoms with van der Waals surface area (Å²) in [5, 5.41) is 2.83. The van der Waals surface area contributed by atoms with Crippen LogP contribution < -0.4 is 19.1 Å². The van der Waals surface area contributed by atoms with E-state index in [9.17, 15) is 22.4 Å². The van der Waals surface area contributed by atoms with Crippen LogP contribution in [0.15, 0.2) is 95.9 Å². The lowest BCUT2D eigenvalue weighted by Crippen LogP contribution is -2.53. The summed E-state index contributed by atoms with van der Waals surface area (Å²) in [4.78, 5) is 29.4. The first-order chi connectivity index (χ1) is 22.5. The third-order valence-corrected chi connectivity index (χ3v) is 9.37. The molecule has 0 fully saturated rings. The monoisotopic (exact) mass is 661 g/mol. The van der Waals surface area contributed by atoms with Crippen LogP contribution in [-0.2, 0) is 32.6 Å². The van der Waals surface area contributed by atoms with Crippen molar-refractivity contribution < 1.29 is 31.9 Å². The zero-order valence-corrected chi connectivity index (χ0v) is 28.0. The number of halogens is 1. The van der Waals surface area contributed by atoms with Crippen LogP contribution in [-0.4, -0.2) is 58.5 Å². The Hall–Kier alpha value is -4.90. The highest BCUT2D eigenvalue weighted by atomic mass is 32.2. The Labute approximate surface area is 276 Å². The maximum absolute atomic E-state index is 14.5. The summed E-state index contributed by atoms with van der Waals surface area (Å²) in [6.45, 7) is 5.10. The number of hydrogen-bond acceptors (Lipinski definition) is 6. The molecule has 0 bridgehead atoms. The van der Waals surface area contributed by atoms with Crippen molar-refractivity contribution in [1.29, 1.82) is 0 Å². The third-order valence-electron chi connectivity index (χ3n) is 7.60. The van der Waals surface area contributed by atoms with Gasteiger partial charge in [-0.05, 0) is 79.4 Å². The smallest absolute Gasteiger partial charge is 0.264 e. The number of amides is 2. The molecule has 0 radical (unpaired) electrons. The maximum atomic E-state index is 14.5. The molecule has 0 heterocycles.